The van der Waals surface area contributed by atoms with Gasteiger partial charge in [-0.3, -0.25) is 62.3 Å². The summed E-state index contributed by atoms with van der Waals surface area (Å²) in [7, 11) is 0. The number of rotatable bonds is 36. The summed E-state index contributed by atoms with van der Waals surface area (Å²) in [6, 6.07) is -6.09. The van der Waals surface area contributed by atoms with Gasteiger partial charge < -0.3 is 85.1 Å². The van der Waals surface area contributed by atoms with Gasteiger partial charge in [-0.2, -0.15) is 0 Å². The van der Waals surface area contributed by atoms with Gasteiger partial charge >= 0.3 is 6.09 Å². The number of thioether (sulfide) groups is 2. The fourth-order valence-corrected chi connectivity index (χ4v) is 10.4. The second-order valence-corrected chi connectivity index (χ2v) is 28.0. The number of nitrogens with one attached hydrogen (secondary N) is 10. The highest BCUT2D eigenvalue weighted by molar-refractivity contribution is 7.99. The number of benzene rings is 1. The number of hydrogen-bond donors (Lipinski definition) is 14. The Bertz CT molecular complexity index is 2770. The second kappa shape index (κ2) is 37.6. The van der Waals surface area contributed by atoms with Crippen molar-refractivity contribution < 1.29 is 77.0 Å². The van der Waals surface area contributed by atoms with Crippen molar-refractivity contribution in [3.63, 3.8) is 0 Å². The first-order valence-corrected chi connectivity index (χ1v) is 32.7. The monoisotopic (exact) mass is 1330 g/mol. The minimum Gasteiger partial charge on any atom is -0.508 e. The summed E-state index contributed by atoms with van der Waals surface area (Å²) in [5, 5.41) is 35.9. The molecule has 1 saturated heterocycles. The number of aromatic hydroxyl groups is 1. The van der Waals surface area contributed by atoms with Crippen LogP contribution >= 0.6 is 23.5 Å². The molecule has 17 N–H and O–H groups in total. The average molecular weight is 1340 g/mol. The number of phenolic OH excluding ortho intramolecular Hbond substituents is 1. The van der Waals surface area contributed by atoms with Gasteiger partial charge in [0.05, 0.1) is 24.7 Å². The maximum Gasteiger partial charge on any atom is 0.408 e. The van der Waals surface area contributed by atoms with Gasteiger partial charge in [-0.1, -0.05) is 87.8 Å². The molecule has 0 aromatic heterocycles. The van der Waals surface area contributed by atoms with Crippen molar-refractivity contribution in [1.82, 2.24) is 58.1 Å². The van der Waals surface area contributed by atoms with Gasteiger partial charge in [0.15, 0.2) is 0 Å². The molecule has 14 amide bonds. The number of alkyl carbamates (subject to hydrolysis) is 1. The molecule has 1 heterocycles. The van der Waals surface area contributed by atoms with Gasteiger partial charge in [0.25, 0.3) is 0 Å². The smallest absolute Gasteiger partial charge is 0.408 e. The lowest BCUT2D eigenvalue weighted by molar-refractivity contribution is -0.142. The summed E-state index contributed by atoms with van der Waals surface area (Å²) in [6.45, 7) is 21.4. The molecule has 0 bridgehead atoms. The largest absolute Gasteiger partial charge is 0.508 e. The van der Waals surface area contributed by atoms with E-state index in [1.54, 1.807) is 90.0 Å². The molecular formula is C60H98N14O16S2. The Labute approximate surface area is 546 Å². The van der Waals surface area contributed by atoms with Crippen LogP contribution in [-0.4, -0.2) is 183 Å². The van der Waals surface area contributed by atoms with Crippen LogP contribution in [0, 0.1) is 22.7 Å². The van der Waals surface area contributed by atoms with Gasteiger partial charge in [-0.15, -0.1) is 23.5 Å². The molecule has 9 atom stereocenters. The van der Waals surface area contributed by atoms with Crippen LogP contribution in [0.4, 0.5) is 4.79 Å². The number of carbonyl (C=O) groups excluding carboxylic acids is 14. The molecule has 1 aromatic rings. The maximum absolute atomic E-state index is 14.7. The Morgan fingerprint density at radius 3 is 1.62 bits per heavy atom. The minimum absolute atomic E-state index is 0.0140. The van der Waals surface area contributed by atoms with Crippen LogP contribution in [-0.2, 0) is 73.5 Å². The van der Waals surface area contributed by atoms with Gasteiger partial charge in [0.2, 0.25) is 76.8 Å². The average Bonchev–Trinajstić information content (AvgIpc) is 1.62. The Balaban J connectivity index is 2.59. The third-order valence-corrected chi connectivity index (χ3v) is 15.8. The summed E-state index contributed by atoms with van der Waals surface area (Å²) in [5.41, 5.74) is 14.3. The Morgan fingerprint density at radius 1 is 0.598 bits per heavy atom. The normalized spacial score (nSPS) is 15.8. The highest BCUT2D eigenvalue weighted by Crippen LogP contribution is 2.22. The molecule has 1 aliphatic rings. The number of carbonyl (C=O) groups is 14. The van der Waals surface area contributed by atoms with Crippen molar-refractivity contribution in [2.45, 2.75) is 195 Å². The zero-order valence-electron chi connectivity index (χ0n) is 55.0. The van der Waals surface area contributed by atoms with Gasteiger partial charge in [-0.25, -0.2) is 4.79 Å². The fraction of sp³-hybridized carbons (Fsp3) is 0.667. The van der Waals surface area contributed by atoms with Crippen LogP contribution in [0.1, 0.15) is 141 Å². The number of primary amides is 3. The zero-order chi connectivity index (χ0) is 70.0. The van der Waals surface area contributed by atoms with E-state index < -0.39 is 168 Å². The SMILES string of the molecule is CCC(C)[C@@H](NC(=O)[C@@H](Cc1ccc(O)cc1)NC(=O)[C@@H](CSCNC(=O)C(C)(C)C)NC(=O)OC(C)(C)C)C(=O)N[C@H](CCC(N)=O)C(=O)N[C@H](CC(N)=O)C(=O)N[C@H](CSCNC(=O)C(C)(C)C)C(=O)N1CCC[C@H]1C(=O)N[C@H](CC(C)C)C(=O)NCC(N)=O. The quantitative estimate of drug-likeness (QED) is 0.0291. The highest BCUT2D eigenvalue weighted by atomic mass is 32.2. The van der Waals surface area contributed by atoms with E-state index in [-0.39, 0.29) is 79.0 Å². The molecule has 0 aliphatic carbocycles. The standard InChI is InChI=1S/C60H98N14O16S2/c1-14-33(4)46(73-50(82)38(25-34-17-19-35(75)20-18-34)68-51(83)40(72-57(89)90-60(11,12)13)28-91-30-65-55(87)58(5,6)7)53(85)67-36(21-22-43(61)76)48(80)69-39(26-44(62)77)49(81)71-41(29-92-31-66-56(88)59(8,9)10)54(86)74-23-15-16-42(74)52(84)70-37(24-32(2)3)47(79)64-27-45(63)78/h17-20,32-33,36-42,46,75H,14-16,21-31H2,1-13H3,(H2,61,76)(H2,62,77)(H2,63,78)(H,64,79)(H,65,87)(H,66,88)(H,67,85)(H,68,83)(H,69,80)(H,70,84)(H,71,81)(H,72,89)(H,73,82)/t33?,36-,37-,38-,39-,40-,41-,42+,46-/m1/s1. The Morgan fingerprint density at radius 2 is 1.11 bits per heavy atom. The number of hydrogen-bond acceptors (Lipinski definition) is 18. The van der Waals surface area contributed by atoms with Crippen molar-refractivity contribution in [1.29, 1.82) is 0 Å². The summed E-state index contributed by atoms with van der Waals surface area (Å²) < 4.78 is 5.42. The summed E-state index contributed by atoms with van der Waals surface area (Å²) in [5.74, 6) is -12.1. The third-order valence-electron chi connectivity index (χ3n) is 14.0. The van der Waals surface area contributed by atoms with Gasteiger partial charge in [-0.05, 0) is 76.0 Å². The molecule has 92 heavy (non-hydrogen) atoms. The van der Waals surface area contributed by atoms with Crippen molar-refractivity contribution in [2.24, 2.45) is 39.9 Å². The lowest BCUT2D eigenvalue weighted by atomic mass is 9.96. The maximum atomic E-state index is 14.7. The molecule has 30 nitrogen and oxygen atoms in total. The molecule has 1 fully saturated rings. The minimum atomic E-state index is -1.87. The third kappa shape index (κ3) is 29.6. The lowest BCUT2D eigenvalue weighted by Crippen LogP contribution is -2.62. The van der Waals surface area contributed by atoms with E-state index in [0.717, 1.165) is 23.5 Å². The second-order valence-electron chi connectivity index (χ2n) is 26.0. The summed E-state index contributed by atoms with van der Waals surface area (Å²) >= 11 is 2.10. The van der Waals surface area contributed by atoms with E-state index in [2.05, 4.69) is 53.2 Å². The van der Waals surface area contributed by atoms with Crippen LogP contribution in [0.5, 0.6) is 5.75 Å². The lowest BCUT2D eigenvalue weighted by Gasteiger charge is -2.31. The van der Waals surface area contributed by atoms with E-state index >= 15 is 0 Å². The van der Waals surface area contributed by atoms with Crippen molar-refractivity contribution in [3.8, 4) is 5.75 Å². The molecular weight excluding hydrogens is 1240 g/mol. The molecule has 0 saturated carbocycles. The number of nitrogens with zero attached hydrogens (tertiary/aromatic N) is 1. The Hall–Kier alpha value is -7.90. The van der Waals surface area contributed by atoms with Crippen LogP contribution < -0.4 is 70.4 Å². The summed E-state index contributed by atoms with van der Waals surface area (Å²) in [6.07, 6.45) is -2.27. The number of likely N-dealkylation sites (tertiary alicyclic amines) is 1. The molecule has 0 radical (unpaired) electrons. The Kier molecular flexibility index (Phi) is 32.7. The van der Waals surface area contributed by atoms with Gasteiger partial charge in [0, 0.05) is 41.7 Å². The van der Waals surface area contributed by atoms with E-state index in [1.165, 1.54) is 29.2 Å². The first-order valence-electron chi connectivity index (χ1n) is 30.4. The van der Waals surface area contributed by atoms with E-state index in [9.17, 15) is 72.2 Å². The molecule has 1 aliphatic heterocycles. The molecule has 516 valence electrons. The number of amides is 14. The molecule has 2 rings (SSSR count). The van der Waals surface area contributed by atoms with Crippen LogP contribution in [0.25, 0.3) is 0 Å². The van der Waals surface area contributed by atoms with E-state index in [4.69, 9.17) is 21.9 Å². The van der Waals surface area contributed by atoms with E-state index in [0.29, 0.717) is 12.0 Å². The van der Waals surface area contributed by atoms with Crippen LogP contribution in [0.15, 0.2) is 24.3 Å². The van der Waals surface area contributed by atoms with Gasteiger partial charge in [0.1, 0.15) is 59.7 Å². The molecule has 32 heteroatoms. The van der Waals surface area contributed by atoms with Crippen LogP contribution in [0.2, 0.25) is 0 Å². The van der Waals surface area contributed by atoms with Crippen molar-refractivity contribution in [3.05, 3.63) is 29.8 Å². The topological polar surface area (TPSA) is 470 Å². The number of nitrogens with two attached hydrogens (primary N) is 3. The molecule has 1 unspecified atom stereocenters. The fourth-order valence-electron chi connectivity index (χ4n) is 8.77. The first-order chi connectivity index (χ1) is 42.6. The number of ether oxygens (including phenoxy) is 1. The molecule has 0 spiro atoms. The zero-order valence-corrected chi connectivity index (χ0v) is 56.7. The predicted octanol–water partition coefficient (Wildman–Crippen LogP) is -0.732. The first kappa shape index (κ1) is 80.2. The summed E-state index contributed by atoms with van der Waals surface area (Å²) in [4.78, 5) is 190. The van der Waals surface area contributed by atoms with Crippen LogP contribution in [0.3, 0.4) is 0 Å². The van der Waals surface area contributed by atoms with E-state index in [1.807, 2.05) is 0 Å². The van der Waals surface area contributed by atoms with Crippen molar-refractivity contribution >= 4 is 106 Å². The number of phenols is 1. The predicted molar refractivity (Wildman–Crippen MR) is 344 cm³/mol. The van der Waals surface area contributed by atoms with Crippen molar-refractivity contribution in [2.75, 3.05) is 36.3 Å². The molecule has 1 aromatic carbocycles. The highest BCUT2D eigenvalue weighted by Gasteiger charge is 2.41.